The maximum absolute atomic E-state index is 11.0. The van der Waals surface area contributed by atoms with Crippen LogP contribution in [-0.4, -0.2) is 35.2 Å². The normalized spacial score (nSPS) is 22.8. The number of amides is 1. The van der Waals surface area contributed by atoms with Gasteiger partial charge in [0.15, 0.2) is 0 Å². The Kier molecular flexibility index (Phi) is 2.92. The predicted molar refractivity (Wildman–Crippen MR) is 40.5 cm³/mol. The molecule has 1 aliphatic rings. The zero-order valence-electron chi connectivity index (χ0n) is 6.46. The van der Waals surface area contributed by atoms with Crippen molar-refractivity contribution in [3.05, 3.63) is 0 Å². The second-order valence-corrected chi connectivity index (χ2v) is 2.97. The highest BCUT2D eigenvalue weighted by atomic mass is 35.5. The highest BCUT2D eigenvalue weighted by Gasteiger charge is 2.28. The number of rotatable bonds is 2. The first-order chi connectivity index (χ1) is 5.66. The van der Waals surface area contributed by atoms with Crippen LogP contribution in [0.2, 0.25) is 0 Å². The smallest absolute Gasteiger partial charge is 0.238 e. The van der Waals surface area contributed by atoms with Crippen molar-refractivity contribution in [1.82, 2.24) is 4.90 Å². The number of carbonyl (C=O) groups excluding carboxylic acids is 2. The summed E-state index contributed by atoms with van der Waals surface area (Å²) >= 11 is 5.30. The highest BCUT2D eigenvalue weighted by molar-refractivity contribution is 6.27. The molecule has 0 aromatic heterocycles. The van der Waals surface area contributed by atoms with Crippen LogP contribution in [0, 0.1) is 0 Å². The number of carboxylic acids is 1. The van der Waals surface area contributed by atoms with Gasteiger partial charge in [0, 0.05) is 6.54 Å². The fourth-order valence-corrected chi connectivity index (χ4v) is 1.54. The third-order valence-electron chi connectivity index (χ3n) is 1.96. The molecule has 0 saturated carbocycles. The van der Waals surface area contributed by atoms with Crippen molar-refractivity contribution in [1.29, 1.82) is 0 Å². The minimum Gasteiger partial charge on any atom is -0.548 e. The molecule has 12 heavy (non-hydrogen) atoms. The van der Waals surface area contributed by atoms with Gasteiger partial charge in [-0.15, -0.1) is 11.6 Å². The average Bonchev–Trinajstić information content (AvgIpc) is 2.50. The number of halogens is 1. The van der Waals surface area contributed by atoms with Gasteiger partial charge in [-0.1, -0.05) is 0 Å². The molecule has 1 rings (SSSR count). The Morgan fingerprint density at radius 2 is 2.25 bits per heavy atom. The quantitative estimate of drug-likeness (QED) is 0.523. The summed E-state index contributed by atoms with van der Waals surface area (Å²) in [5, 5.41) is 10.5. The number of carbonyl (C=O) groups is 2. The molecule has 0 N–H and O–H groups in total. The lowest BCUT2D eigenvalue weighted by Gasteiger charge is -2.24. The molecule has 0 bridgehead atoms. The van der Waals surface area contributed by atoms with E-state index in [0.29, 0.717) is 19.4 Å². The third kappa shape index (κ3) is 1.69. The lowest BCUT2D eigenvalue weighted by atomic mass is 10.2. The molecule has 68 valence electrons. The van der Waals surface area contributed by atoms with Gasteiger partial charge in [-0.3, -0.25) is 4.79 Å². The summed E-state index contributed by atoms with van der Waals surface area (Å²) in [6.45, 7) is 0.476. The summed E-state index contributed by atoms with van der Waals surface area (Å²) in [5.74, 6) is -1.68. The minimum absolute atomic E-state index is 0.163. The molecule has 0 aromatic rings. The Morgan fingerprint density at radius 3 is 2.75 bits per heavy atom. The molecule has 0 radical (unpaired) electrons. The lowest BCUT2D eigenvalue weighted by Crippen LogP contribution is -2.47. The number of aliphatic carboxylic acids is 1. The highest BCUT2D eigenvalue weighted by Crippen LogP contribution is 2.16. The zero-order valence-corrected chi connectivity index (χ0v) is 7.21. The molecule has 1 heterocycles. The van der Waals surface area contributed by atoms with Crippen LogP contribution in [0.15, 0.2) is 0 Å². The molecule has 0 aromatic carbocycles. The van der Waals surface area contributed by atoms with Gasteiger partial charge in [-0.05, 0) is 12.8 Å². The Bertz CT molecular complexity index is 207. The number of hydrogen-bond donors (Lipinski definition) is 0. The Hall–Kier alpha value is -0.770. The monoisotopic (exact) mass is 190 g/mol. The summed E-state index contributed by atoms with van der Waals surface area (Å²) in [4.78, 5) is 22.8. The maximum Gasteiger partial charge on any atom is 0.238 e. The molecule has 1 saturated heterocycles. The number of alkyl halides is 1. The standard InChI is InChI=1S/C7H10ClNO3/c8-4-6(10)9-3-1-2-5(9)7(11)12/h5H,1-4H2,(H,11,12)/p-1/t5-/m0/s1. The van der Waals surface area contributed by atoms with E-state index < -0.39 is 12.0 Å². The van der Waals surface area contributed by atoms with E-state index in [1.54, 1.807) is 0 Å². The van der Waals surface area contributed by atoms with Crippen LogP contribution in [0.3, 0.4) is 0 Å². The van der Waals surface area contributed by atoms with Crippen LogP contribution in [0.1, 0.15) is 12.8 Å². The van der Waals surface area contributed by atoms with Crippen LogP contribution in [0.5, 0.6) is 0 Å². The first-order valence-corrected chi connectivity index (χ1v) is 4.26. The van der Waals surface area contributed by atoms with Crippen molar-refractivity contribution in [3.63, 3.8) is 0 Å². The minimum atomic E-state index is -1.19. The van der Waals surface area contributed by atoms with Gasteiger partial charge < -0.3 is 14.8 Å². The van der Waals surface area contributed by atoms with Gasteiger partial charge in [0.25, 0.3) is 0 Å². The number of carboxylic acid groups (broad SMARTS) is 1. The largest absolute Gasteiger partial charge is 0.548 e. The Labute approximate surface area is 75.1 Å². The van der Waals surface area contributed by atoms with Gasteiger partial charge in [0.05, 0.1) is 12.0 Å². The Morgan fingerprint density at radius 1 is 1.58 bits per heavy atom. The molecule has 4 nitrogen and oxygen atoms in total. The van der Waals surface area contributed by atoms with E-state index in [2.05, 4.69) is 0 Å². The summed E-state index contributed by atoms with van der Waals surface area (Å²) in [5.41, 5.74) is 0. The molecule has 1 aliphatic heterocycles. The van der Waals surface area contributed by atoms with Crippen molar-refractivity contribution in [2.45, 2.75) is 18.9 Å². The lowest BCUT2D eigenvalue weighted by molar-refractivity contribution is -0.310. The van der Waals surface area contributed by atoms with Crippen LogP contribution < -0.4 is 5.11 Å². The molecule has 0 aliphatic carbocycles. The first kappa shape index (κ1) is 9.32. The topological polar surface area (TPSA) is 60.4 Å². The van der Waals surface area contributed by atoms with Crippen molar-refractivity contribution in [2.75, 3.05) is 12.4 Å². The van der Waals surface area contributed by atoms with Gasteiger partial charge in [0.1, 0.15) is 5.88 Å². The number of likely N-dealkylation sites (tertiary alicyclic amines) is 1. The fraction of sp³-hybridized carbons (Fsp3) is 0.714. The Balaban J connectivity index is 2.63. The molecule has 0 unspecified atom stereocenters. The van der Waals surface area contributed by atoms with Crippen LogP contribution >= 0.6 is 11.6 Å². The third-order valence-corrected chi connectivity index (χ3v) is 2.19. The van der Waals surface area contributed by atoms with Gasteiger partial charge in [-0.2, -0.15) is 0 Å². The van der Waals surface area contributed by atoms with E-state index in [1.165, 1.54) is 4.90 Å². The van der Waals surface area contributed by atoms with E-state index in [-0.39, 0.29) is 11.8 Å². The second-order valence-electron chi connectivity index (χ2n) is 2.70. The summed E-state index contributed by atoms with van der Waals surface area (Å²) < 4.78 is 0. The predicted octanol–water partition coefficient (Wildman–Crippen LogP) is -1.03. The average molecular weight is 191 g/mol. The first-order valence-electron chi connectivity index (χ1n) is 3.73. The van der Waals surface area contributed by atoms with E-state index in [0.717, 1.165) is 0 Å². The van der Waals surface area contributed by atoms with Gasteiger partial charge in [-0.25, -0.2) is 0 Å². The van der Waals surface area contributed by atoms with Crippen LogP contribution in [0.4, 0.5) is 0 Å². The molecule has 1 fully saturated rings. The zero-order chi connectivity index (χ0) is 9.14. The van der Waals surface area contributed by atoms with Crippen LogP contribution in [-0.2, 0) is 9.59 Å². The van der Waals surface area contributed by atoms with E-state index in [4.69, 9.17) is 11.6 Å². The molecule has 0 spiro atoms. The number of hydrogen-bond acceptors (Lipinski definition) is 3. The molecular formula is C7H9ClNO3-. The van der Waals surface area contributed by atoms with E-state index in [1.807, 2.05) is 0 Å². The van der Waals surface area contributed by atoms with Crippen molar-refractivity contribution >= 4 is 23.5 Å². The van der Waals surface area contributed by atoms with E-state index >= 15 is 0 Å². The van der Waals surface area contributed by atoms with Crippen molar-refractivity contribution < 1.29 is 14.7 Å². The fourth-order valence-electron chi connectivity index (χ4n) is 1.39. The van der Waals surface area contributed by atoms with Crippen LogP contribution in [0.25, 0.3) is 0 Å². The molecule has 5 heteroatoms. The molecule has 1 atom stereocenters. The summed E-state index contributed by atoms with van der Waals surface area (Å²) in [6.07, 6.45) is 1.19. The maximum atomic E-state index is 11.0. The summed E-state index contributed by atoms with van der Waals surface area (Å²) in [7, 11) is 0. The van der Waals surface area contributed by atoms with Gasteiger partial charge >= 0.3 is 0 Å². The van der Waals surface area contributed by atoms with Crippen molar-refractivity contribution in [2.24, 2.45) is 0 Å². The number of nitrogens with zero attached hydrogens (tertiary/aromatic N) is 1. The van der Waals surface area contributed by atoms with E-state index in [9.17, 15) is 14.7 Å². The van der Waals surface area contributed by atoms with Gasteiger partial charge in [0.2, 0.25) is 5.91 Å². The second kappa shape index (κ2) is 3.76. The van der Waals surface area contributed by atoms with Crippen molar-refractivity contribution in [3.8, 4) is 0 Å². The molecular weight excluding hydrogens is 182 g/mol. The SMILES string of the molecule is O=C([O-])[C@@H]1CCCN1C(=O)CCl. The molecule has 1 amide bonds. The summed E-state index contributed by atoms with van der Waals surface area (Å²) in [6, 6.07) is -0.767.